The molecule has 1 aromatic carbocycles. The molecule has 0 spiro atoms. The van der Waals surface area contributed by atoms with Gasteiger partial charge in [0.2, 0.25) is 0 Å². The fraction of sp³-hybridized carbons (Fsp3) is 0.500. The van der Waals surface area contributed by atoms with Crippen molar-refractivity contribution in [3.8, 4) is 0 Å². The molecular formula is C14H20FN3O2. The number of carbonyl (C=O) groups is 1. The standard InChI is InChI=1S/C14H20FN3O2/c15-12-7-1-6-11(13(12)17-16)14(20)18-8-2-4-10(18)5-3-9-19/h1,6-7,10,17,19H,2-5,8-9,16H2. The quantitative estimate of drug-likeness (QED) is 0.564. The topological polar surface area (TPSA) is 78.6 Å². The number of likely N-dealkylation sites (tertiary alicyclic amines) is 1. The van der Waals surface area contributed by atoms with Crippen molar-refractivity contribution in [3.63, 3.8) is 0 Å². The summed E-state index contributed by atoms with van der Waals surface area (Å²) in [4.78, 5) is 14.3. The first-order valence-electron chi connectivity index (χ1n) is 6.86. The number of nitrogens with zero attached hydrogens (tertiary/aromatic N) is 1. The third kappa shape index (κ3) is 2.91. The fourth-order valence-corrected chi connectivity index (χ4v) is 2.73. The molecule has 1 atom stereocenters. The van der Waals surface area contributed by atoms with Gasteiger partial charge in [-0.15, -0.1) is 0 Å². The number of amides is 1. The maximum Gasteiger partial charge on any atom is 0.256 e. The van der Waals surface area contributed by atoms with Crippen LogP contribution in [-0.2, 0) is 0 Å². The summed E-state index contributed by atoms with van der Waals surface area (Å²) in [6, 6.07) is 4.45. The molecule has 4 N–H and O–H groups in total. The molecule has 110 valence electrons. The van der Waals surface area contributed by atoms with E-state index >= 15 is 0 Å². The van der Waals surface area contributed by atoms with Crippen LogP contribution >= 0.6 is 0 Å². The summed E-state index contributed by atoms with van der Waals surface area (Å²) in [5.41, 5.74) is 2.55. The van der Waals surface area contributed by atoms with Crippen LogP contribution in [0.25, 0.3) is 0 Å². The molecule has 1 saturated heterocycles. The van der Waals surface area contributed by atoms with E-state index in [0.717, 1.165) is 19.3 Å². The van der Waals surface area contributed by atoms with E-state index in [1.165, 1.54) is 12.1 Å². The average Bonchev–Trinajstić information content (AvgIpc) is 2.92. The van der Waals surface area contributed by atoms with E-state index in [0.29, 0.717) is 13.0 Å². The Morgan fingerprint density at radius 3 is 3.05 bits per heavy atom. The normalized spacial score (nSPS) is 18.4. The van der Waals surface area contributed by atoms with E-state index in [-0.39, 0.29) is 29.8 Å². The number of halogens is 1. The van der Waals surface area contributed by atoms with E-state index < -0.39 is 5.82 Å². The molecule has 0 aliphatic carbocycles. The minimum absolute atomic E-state index is 0.0327. The van der Waals surface area contributed by atoms with Crippen molar-refractivity contribution in [3.05, 3.63) is 29.6 Å². The number of nitrogens with two attached hydrogens (primary N) is 1. The van der Waals surface area contributed by atoms with Gasteiger partial charge in [0.25, 0.3) is 5.91 Å². The molecular weight excluding hydrogens is 261 g/mol. The Hall–Kier alpha value is -1.66. The lowest BCUT2D eigenvalue weighted by atomic mass is 10.1. The van der Waals surface area contributed by atoms with Crippen LogP contribution < -0.4 is 11.3 Å². The first-order chi connectivity index (χ1) is 9.69. The van der Waals surface area contributed by atoms with Crippen molar-refractivity contribution in [2.75, 3.05) is 18.6 Å². The monoisotopic (exact) mass is 281 g/mol. The number of nitrogens with one attached hydrogen (secondary N) is 1. The summed E-state index contributed by atoms with van der Waals surface area (Å²) >= 11 is 0. The van der Waals surface area contributed by atoms with Crippen LogP contribution in [0.5, 0.6) is 0 Å². The smallest absolute Gasteiger partial charge is 0.256 e. The van der Waals surface area contributed by atoms with Gasteiger partial charge in [0.05, 0.1) is 11.3 Å². The molecule has 1 heterocycles. The molecule has 0 aromatic heterocycles. The Labute approximate surface area is 117 Å². The molecule has 6 heteroatoms. The van der Waals surface area contributed by atoms with Crippen molar-refractivity contribution in [1.82, 2.24) is 4.90 Å². The molecule has 20 heavy (non-hydrogen) atoms. The number of carbonyl (C=O) groups excluding carboxylic acids is 1. The second-order valence-corrected chi connectivity index (χ2v) is 4.97. The lowest BCUT2D eigenvalue weighted by Crippen LogP contribution is -2.36. The Bertz CT molecular complexity index is 481. The predicted molar refractivity (Wildman–Crippen MR) is 74.6 cm³/mol. The van der Waals surface area contributed by atoms with Crippen LogP contribution in [0.1, 0.15) is 36.0 Å². The van der Waals surface area contributed by atoms with Crippen molar-refractivity contribution >= 4 is 11.6 Å². The molecule has 1 aliphatic rings. The molecule has 1 fully saturated rings. The molecule has 0 saturated carbocycles. The Balaban J connectivity index is 2.20. The summed E-state index contributed by atoms with van der Waals surface area (Å²) in [5.74, 6) is 4.56. The number of para-hydroxylation sites is 1. The van der Waals surface area contributed by atoms with E-state index in [1.54, 1.807) is 11.0 Å². The van der Waals surface area contributed by atoms with Gasteiger partial charge >= 0.3 is 0 Å². The molecule has 1 amide bonds. The van der Waals surface area contributed by atoms with Crippen LogP contribution in [0.2, 0.25) is 0 Å². The number of hydrogen-bond donors (Lipinski definition) is 3. The van der Waals surface area contributed by atoms with Crippen molar-refractivity contribution in [1.29, 1.82) is 0 Å². The minimum Gasteiger partial charge on any atom is -0.396 e. The molecule has 1 aliphatic heterocycles. The number of benzene rings is 1. The summed E-state index contributed by atoms with van der Waals surface area (Å²) in [7, 11) is 0. The zero-order chi connectivity index (χ0) is 14.5. The molecule has 1 unspecified atom stereocenters. The van der Waals surface area contributed by atoms with E-state index in [1.807, 2.05) is 0 Å². The molecule has 0 bridgehead atoms. The third-order valence-corrected chi connectivity index (χ3v) is 3.72. The van der Waals surface area contributed by atoms with Crippen LogP contribution in [0.15, 0.2) is 18.2 Å². The predicted octanol–water partition coefficient (Wildman–Crippen LogP) is 1.49. The van der Waals surface area contributed by atoms with Crippen LogP contribution in [-0.4, -0.2) is 35.1 Å². The van der Waals surface area contributed by atoms with E-state index in [4.69, 9.17) is 10.9 Å². The summed E-state index contributed by atoms with van der Waals surface area (Å²) < 4.78 is 13.7. The minimum atomic E-state index is -0.538. The van der Waals surface area contributed by atoms with Gasteiger partial charge in [-0.1, -0.05) is 6.07 Å². The van der Waals surface area contributed by atoms with Gasteiger partial charge in [0.15, 0.2) is 0 Å². The van der Waals surface area contributed by atoms with Gasteiger partial charge in [-0.2, -0.15) is 0 Å². The molecule has 2 rings (SSSR count). The molecule has 1 aromatic rings. The SMILES string of the molecule is NNc1c(F)cccc1C(=O)N1CCCC1CCCO. The van der Waals surface area contributed by atoms with Gasteiger partial charge in [0.1, 0.15) is 5.82 Å². The van der Waals surface area contributed by atoms with Gasteiger partial charge in [-0.05, 0) is 37.8 Å². The van der Waals surface area contributed by atoms with Crippen molar-refractivity contribution in [2.45, 2.75) is 31.7 Å². The first-order valence-corrected chi connectivity index (χ1v) is 6.86. The number of hydrazine groups is 1. The summed E-state index contributed by atoms with van der Waals surface area (Å²) in [5, 5.41) is 8.91. The number of nitrogen functional groups attached to an aromatic ring is 1. The lowest BCUT2D eigenvalue weighted by molar-refractivity contribution is 0.0725. The van der Waals surface area contributed by atoms with Crippen molar-refractivity contribution in [2.24, 2.45) is 5.84 Å². The van der Waals surface area contributed by atoms with Gasteiger partial charge in [-0.3, -0.25) is 10.6 Å². The average molecular weight is 281 g/mol. The Morgan fingerprint density at radius 2 is 2.35 bits per heavy atom. The van der Waals surface area contributed by atoms with Crippen LogP contribution in [0.4, 0.5) is 10.1 Å². The Morgan fingerprint density at radius 1 is 1.55 bits per heavy atom. The van der Waals surface area contributed by atoms with Gasteiger partial charge < -0.3 is 15.4 Å². The number of aliphatic hydroxyl groups is 1. The second kappa shape index (κ2) is 6.67. The highest BCUT2D eigenvalue weighted by molar-refractivity contribution is 6.00. The zero-order valence-corrected chi connectivity index (χ0v) is 11.3. The maximum atomic E-state index is 13.7. The fourth-order valence-electron chi connectivity index (χ4n) is 2.73. The number of rotatable bonds is 5. The highest BCUT2D eigenvalue weighted by Gasteiger charge is 2.30. The maximum absolute atomic E-state index is 13.7. The van der Waals surface area contributed by atoms with Crippen LogP contribution in [0, 0.1) is 5.82 Å². The largest absolute Gasteiger partial charge is 0.396 e. The van der Waals surface area contributed by atoms with Gasteiger partial charge in [-0.25, -0.2) is 4.39 Å². The van der Waals surface area contributed by atoms with Crippen LogP contribution in [0.3, 0.4) is 0 Å². The highest BCUT2D eigenvalue weighted by Crippen LogP contribution is 2.27. The second-order valence-electron chi connectivity index (χ2n) is 4.97. The number of aliphatic hydroxyl groups excluding tert-OH is 1. The first kappa shape index (κ1) is 14.7. The number of hydrogen-bond acceptors (Lipinski definition) is 4. The Kier molecular flexibility index (Phi) is 4.92. The highest BCUT2D eigenvalue weighted by atomic mass is 19.1. The number of anilines is 1. The summed E-state index contributed by atoms with van der Waals surface area (Å²) in [6.45, 7) is 0.781. The van der Waals surface area contributed by atoms with Gasteiger partial charge in [0, 0.05) is 19.2 Å². The van der Waals surface area contributed by atoms with Crippen molar-refractivity contribution < 1.29 is 14.3 Å². The molecule has 0 radical (unpaired) electrons. The molecule has 5 nitrogen and oxygen atoms in total. The lowest BCUT2D eigenvalue weighted by Gasteiger charge is -2.25. The zero-order valence-electron chi connectivity index (χ0n) is 11.3. The van der Waals surface area contributed by atoms with E-state index in [9.17, 15) is 9.18 Å². The third-order valence-electron chi connectivity index (χ3n) is 3.72. The summed E-state index contributed by atoms with van der Waals surface area (Å²) in [6.07, 6.45) is 3.29. The van der Waals surface area contributed by atoms with E-state index in [2.05, 4.69) is 5.43 Å².